The minimum atomic E-state index is -4.42. The molecular formula is C45H82NO8P. The van der Waals surface area contributed by atoms with Crippen LogP contribution in [0.3, 0.4) is 0 Å². The summed E-state index contributed by atoms with van der Waals surface area (Å²) in [6.45, 7) is 3.49. The van der Waals surface area contributed by atoms with Gasteiger partial charge in [-0.05, 0) is 77.0 Å². The average molecular weight is 796 g/mol. The number of hydrogen-bond acceptors (Lipinski definition) is 7. The van der Waals surface area contributed by atoms with Crippen LogP contribution in [-0.4, -0.2) is 54.3 Å². The topological polar surface area (TPSA) is 131 Å². The van der Waals surface area contributed by atoms with Gasteiger partial charge in [0.25, 0.3) is 0 Å². The van der Waals surface area contributed by atoms with E-state index < -0.39 is 26.5 Å². The Kier molecular flexibility index (Phi) is 40.1. The third kappa shape index (κ3) is 42.9. The molecule has 3 N–H and O–H groups in total. The zero-order chi connectivity index (χ0) is 40.3. The van der Waals surface area contributed by atoms with Gasteiger partial charge in [0.2, 0.25) is 5.91 Å². The van der Waals surface area contributed by atoms with Crippen LogP contribution in [0.4, 0.5) is 0 Å². The third-order valence-electron chi connectivity index (χ3n) is 9.23. The van der Waals surface area contributed by atoms with Crippen LogP contribution in [0, 0.1) is 0 Å². The molecule has 1 amide bonds. The standard InChI is InChI=1S/C45H82NO8P/c1-3-5-7-9-11-13-15-17-18-19-20-21-22-23-24-26-28-30-32-34-36-38-45(49)52-41-43(47)42-54-55(50,51)53-40-39-46-44(48)37-35-33-31-29-27-25-16-14-12-10-8-6-4-2/h11,13-14,16-18,20-21,43,47H,3-10,12,15,19,22-42H2,1-2H3,(H,46,48)(H,50,51)/b13-11-,16-14-,18-17-,21-20-. The number of aliphatic hydroxyl groups excluding tert-OH is 1. The molecular weight excluding hydrogens is 713 g/mol. The summed E-state index contributed by atoms with van der Waals surface area (Å²) in [5, 5.41) is 12.7. The lowest BCUT2D eigenvalue weighted by Crippen LogP contribution is -2.27. The summed E-state index contributed by atoms with van der Waals surface area (Å²) in [7, 11) is -4.42. The largest absolute Gasteiger partial charge is 0.472 e. The zero-order valence-electron chi connectivity index (χ0n) is 35.1. The number of phosphoric acid groups is 1. The van der Waals surface area contributed by atoms with Gasteiger partial charge in [0.15, 0.2) is 0 Å². The van der Waals surface area contributed by atoms with E-state index in [0.717, 1.165) is 77.0 Å². The summed E-state index contributed by atoms with van der Waals surface area (Å²) in [4.78, 5) is 33.9. The molecule has 0 aromatic rings. The molecule has 9 nitrogen and oxygen atoms in total. The molecule has 0 heterocycles. The van der Waals surface area contributed by atoms with Crippen LogP contribution in [0.25, 0.3) is 0 Å². The number of aliphatic hydroxyl groups is 1. The van der Waals surface area contributed by atoms with E-state index in [0.29, 0.717) is 6.42 Å². The normalized spacial score (nSPS) is 13.7. The predicted octanol–water partition coefficient (Wildman–Crippen LogP) is 12.3. The third-order valence-corrected chi connectivity index (χ3v) is 10.2. The minimum absolute atomic E-state index is 0.0754. The second-order valence-corrected chi connectivity index (χ2v) is 16.1. The second kappa shape index (κ2) is 41.6. The minimum Gasteiger partial charge on any atom is -0.463 e. The van der Waals surface area contributed by atoms with Crippen LogP contribution >= 0.6 is 7.82 Å². The maximum Gasteiger partial charge on any atom is 0.472 e. The number of amides is 1. The number of esters is 1. The molecule has 2 unspecified atom stereocenters. The zero-order valence-corrected chi connectivity index (χ0v) is 36.0. The van der Waals surface area contributed by atoms with E-state index in [2.05, 4.69) is 67.8 Å². The highest BCUT2D eigenvalue weighted by atomic mass is 31.2. The fourth-order valence-corrected chi connectivity index (χ4v) is 6.61. The first kappa shape index (κ1) is 53.0. The van der Waals surface area contributed by atoms with E-state index in [1.54, 1.807) is 0 Å². The molecule has 0 aliphatic heterocycles. The van der Waals surface area contributed by atoms with Gasteiger partial charge in [-0.15, -0.1) is 0 Å². The first-order valence-corrected chi connectivity index (χ1v) is 23.6. The molecule has 0 rings (SSSR count). The Morgan fingerprint density at radius 3 is 1.53 bits per heavy atom. The van der Waals surface area contributed by atoms with Crippen molar-refractivity contribution in [2.24, 2.45) is 0 Å². The van der Waals surface area contributed by atoms with Crippen LogP contribution in [0.2, 0.25) is 0 Å². The highest BCUT2D eigenvalue weighted by molar-refractivity contribution is 7.47. The summed E-state index contributed by atoms with van der Waals surface area (Å²) >= 11 is 0. The molecule has 55 heavy (non-hydrogen) atoms. The molecule has 10 heteroatoms. The SMILES string of the molecule is CCCCC/C=C\C/C=C\C/C=C\CCCCCCCCCCC(=O)OCC(O)COP(=O)(O)OCCNC(=O)CCCCCCC/C=C\CCCCCC. The summed E-state index contributed by atoms with van der Waals surface area (Å²) in [6, 6.07) is 0. The lowest BCUT2D eigenvalue weighted by Gasteiger charge is -2.15. The van der Waals surface area contributed by atoms with Crippen molar-refractivity contribution in [1.29, 1.82) is 0 Å². The lowest BCUT2D eigenvalue weighted by molar-refractivity contribution is -0.147. The maximum atomic E-state index is 12.1. The molecule has 0 saturated heterocycles. The van der Waals surface area contributed by atoms with Gasteiger partial charge in [0.05, 0.1) is 13.2 Å². The molecule has 0 aliphatic carbocycles. The van der Waals surface area contributed by atoms with Crippen LogP contribution in [0.15, 0.2) is 48.6 Å². The maximum absolute atomic E-state index is 12.1. The Bertz CT molecular complexity index is 1040. The molecule has 0 radical (unpaired) electrons. The summed E-state index contributed by atoms with van der Waals surface area (Å²) in [6.07, 6.45) is 47.5. The molecule has 0 aromatic heterocycles. The lowest BCUT2D eigenvalue weighted by atomic mass is 10.1. The van der Waals surface area contributed by atoms with Crippen LogP contribution in [0.1, 0.15) is 194 Å². The van der Waals surface area contributed by atoms with Crippen molar-refractivity contribution < 1.29 is 37.9 Å². The van der Waals surface area contributed by atoms with Crippen LogP contribution in [0.5, 0.6) is 0 Å². The van der Waals surface area contributed by atoms with E-state index in [1.165, 1.54) is 89.9 Å². The van der Waals surface area contributed by atoms with E-state index in [9.17, 15) is 24.2 Å². The number of unbranched alkanes of at least 4 members (excludes halogenated alkanes) is 20. The van der Waals surface area contributed by atoms with Crippen molar-refractivity contribution >= 4 is 19.7 Å². The number of phosphoric ester groups is 1. The Labute approximate surface area is 336 Å². The average Bonchev–Trinajstić information content (AvgIpc) is 3.17. The van der Waals surface area contributed by atoms with E-state index in [-0.39, 0.29) is 32.1 Å². The Morgan fingerprint density at radius 1 is 0.564 bits per heavy atom. The molecule has 0 bridgehead atoms. The smallest absolute Gasteiger partial charge is 0.463 e. The van der Waals surface area contributed by atoms with Gasteiger partial charge >= 0.3 is 13.8 Å². The number of allylic oxidation sites excluding steroid dienone is 8. The number of nitrogens with one attached hydrogen (secondary N) is 1. The van der Waals surface area contributed by atoms with E-state index >= 15 is 0 Å². The first-order valence-electron chi connectivity index (χ1n) is 22.1. The number of ether oxygens (including phenoxy) is 1. The fourth-order valence-electron chi connectivity index (χ4n) is 5.85. The quantitative estimate of drug-likeness (QED) is 0.0241. The van der Waals surface area contributed by atoms with E-state index in [4.69, 9.17) is 13.8 Å². The second-order valence-electron chi connectivity index (χ2n) is 14.7. The van der Waals surface area contributed by atoms with Crippen LogP contribution in [-0.2, 0) is 27.9 Å². The van der Waals surface area contributed by atoms with Gasteiger partial charge in [-0.25, -0.2) is 4.57 Å². The van der Waals surface area contributed by atoms with Gasteiger partial charge in [0, 0.05) is 19.4 Å². The predicted molar refractivity (Wildman–Crippen MR) is 229 cm³/mol. The van der Waals surface area contributed by atoms with Crippen LogP contribution < -0.4 is 5.32 Å². The molecule has 320 valence electrons. The highest BCUT2D eigenvalue weighted by Gasteiger charge is 2.23. The Morgan fingerprint density at radius 2 is 0.982 bits per heavy atom. The van der Waals surface area contributed by atoms with E-state index in [1.807, 2.05) is 0 Å². The molecule has 0 aromatic carbocycles. The molecule has 0 fully saturated rings. The molecule has 0 saturated carbocycles. The van der Waals surface area contributed by atoms with Crippen molar-refractivity contribution in [2.75, 3.05) is 26.4 Å². The van der Waals surface area contributed by atoms with Crippen molar-refractivity contribution in [3.8, 4) is 0 Å². The summed E-state index contributed by atoms with van der Waals surface area (Å²) < 4.78 is 26.9. The van der Waals surface area contributed by atoms with Crippen molar-refractivity contribution in [3.05, 3.63) is 48.6 Å². The Hall–Kier alpha value is -2.03. The number of hydrogen-bond donors (Lipinski definition) is 3. The summed E-state index contributed by atoms with van der Waals surface area (Å²) in [5.41, 5.74) is 0. The van der Waals surface area contributed by atoms with Gasteiger partial charge in [0.1, 0.15) is 12.7 Å². The first-order chi connectivity index (χ1) is 26.8. The van der Waals surface area contributed by atoms with Crippen molar-refractivity contribution in [2.45, 2.75) is 200 Å². The highest BCUT2D eigenvalue weighted by Crippen LogP contribution is 2.42. The fraction of sp³-hybridized carbons (Fsp3) is 0.778. The monoisotopic (exact) mass is 796 g/mol. The molecule has 0 spiro atoms. The van der Waals surface area contributed by atoms with Gasteiger partial charge in [-0.2, -0.15) is 0 Å². The Balaban J connectivity index is 3.62. The molecule has 2 atom stereocenters. The number of rotatable bonds is 41. The van der Waals surface area contributed by atoms with Crippen molar-refractivity contribution in [3.63, 3.8) is 0 Å². The number of carbonyl (C=O) groups excluding carboxylic acids is 2. The molecule has 0 aliphatic rings. The number of carbonyl (C=O) groups is 2. The summed E-state index contributed by atoms with van der Waals surface area (Å²) in [5.74, 6) is -0.533. The van der Waals surface area contributed by atoms with Gasteiger partial charge < -0.3 is 20.1 Å². The van der Waals surface area contributed by atoms with Crippen molar-refractivity contribution in [1.82, 2.24) is 5.32 Å². The van der Waals surface area contributed by atoms with Gasteiger partial charge in [-0.1, -0.05) is 152 Å². The van der Waals surface area contributed by atoms with Gasteiger partial charge in [-0.3, -0.25) is 18.6 Å².